The SMILES string of the molecule is O=C(O)C=CC=Cc1cccc(OC(F)(F)F)c1. The van der Waals surface area contributed by atoms with E-state index >= 15 is 0 Å². The van der Waals surface area contributed by atoms with Gasteiger partial charge in [-0.2, -0.15) is 0 Å². The maximum Gasteiger partial charge on any atom is 0.573 e. The number of carboxylic acid groups (broad SMARTS) is 1. The number of carbonyl (C=O) groups is 1. The summed E-state index contributed by atoms with van der Waals surface area (Å²) in [5.41, 5.74) is 0.465. The molecule has 1 N–H and O–H groups in total. The van der Waals surface area contributed by atoms with Crippen LogP contribution in [0, 0.1) is 0 Å². The smallest absolute Gasteiger partial charge is 0.478 e. The molecular formula is C12H9F3O3. The Hall–Kier alpha value is -2.24. The van der Waals surface area contributed by atoms with Crippen molar-refractivity contribution < 1.29 is 27.8 Å². The molecule has 6 heteroatoms. The number of hydrogen-bond acceptors (Lipinski definition) is 2. The van der Waals surface area contributed by atoms with Gasteiger partial charge in [0.15, 0.2) is 0 Å². The van der Waals surface area contributed by atoms with E-state index in [0.717, 1.165) is 6.08 Å². The lowest BCUT2D eigenvalue weighted by Gasteiger charge is -2.08. The molecule has 0 aromatic heterocycles. The first-order valence-corrected chi connectivity index (χ1v) is 4.80. The first-order chi connectivity index (χ1) is 8.37. The minimum Gasteiger partial charge on any atom is -0.478 e. The first-order valence-electron chi connectivity index (χ1n) is 4.80. The van der Waals surface area contributed by atoms with Gasteiger partial charge < -0.3 is 9.84 Å². The summed E-state index contributed by atoms with van der Waals surface area (Å²) in [5, 5.41) is 8.32. The molecule has 0 saturated heterocycles. The molecular weight excluding hydrogens is 249 g/mol. The van der Waals surface area contributed by atoms with E-state index in [4.69, 9.17) is 5.11 Å². The second kappa shape index (κ2) is 5.90. The van der Waals surface area contributed by atoms with Crippen LogP contribution in [0.5, 0.6) is 5.75 Å². The van der Waals surface area contributed by atoms with E-state index in [-0.39, 0.29) is 5.75 Å². The molecule has 0 aliphatic rings. The molecule has 0 radical (unpaired) electrons. The Balaban J connectivity index is 2.73. The van der Waals surface area contributed by atoms with Gasteiger partial charge in [0, 0.05) is 6.08 Å². The minimum absolute atomic E-state index is 0.327. The zero-order chi connectivity index (χ0) is 13.6. The number of halogens is 3. The normalized spacial score (nSPS) is 12.2. The summed E-state index contributed by atoms with van der Waals surface area (Å²) in [6.45, 7) is 0. The van der Waals surface area contributed by atoms with Crippen molar-refractivity contribution in [3.05, 3.63) is 48.1 Å². The Kier molecular flexibility index (Phi) is 4.53. The molecule has 0 amide bonds. The van der Waals surface area contributed by atoms with Crippen LogP contribution in [-0.4, -0.2) is 17.4 Å². The summed E-state index contributed by atoms with van der Waals surface area (Å²) in [6.07, 6.45) is 0.307. The van der Waals surface area contributed by atoms with E-state index in [1.165, 1.54) is 36.4 Å². The maximum absolute atomic E-state index is 12.0. The third kappa shape index (κ3) is 5.74. The van der Waals surface area contributed by atoms with Gasteiger partial charge in [0.1, 0.15) is 5.75 Å². The van der Waals surface area contributed by atoms with Crippen molar-refractivity contribution in [1.29, 1.82) is 0 Å². The van der Waals surface area contributed by atoms with Crippen LogP contribution in [0.3, 0.4) is 0 Å². The van der Waals surface area contributed by atoms with E-state index in [0.29, 0.717) is 5.56 Å². The van der Waals surface area contributed by atoms with Crippen molar-refractivity contribution in [3.8, 4) is 5.75 Å². The molecule has 96 valence electrons. The van der Waals surface area contributed by atoms with Crippen LogP contribution in [0.15, 0.2) is 42.5 Å². The van der Waals surface area contributed by atoms with Gasteiger partial charge in [0.2, 0.25) is 0 Å². The van der Waals surface area contributed by atoms with Gasteiger partial charge in [0.05, 0.1) is 0 Å². The topological polar surface area (TPSA) is 46.5 Å². The van der Waals surface area contributed by atoms with Gasteiger partial charge in [-0.05, 0) is 17.7 Å². The summed E-state index contributed by atoms with van der Waals surface area (Å²) in [6, 6.07) is 5.34. The van der Waals surface area contributed by atoms with Crippen LogP contribution in [-0.2, 0) is 4.79 Å². The molecule has 0 fully saturated rings. The predicted octanol–water partition coefficient (Wildman–Crippen LogP) is 3.24. The van der Waals surface area contributed by atoms with Crippen LogP contribution in [0.4, 0.5) is 13.2 Å². The summed E-state index contributed by atoms with van der Waals surface area (Å²) in [7, 11) is 0. The quantitative estimate of drug-likeness (QED) is 0.666. The fourth-order valence-corrected chi connectivity index (χ4v) is 1.12. The van der Waals surface area contributed by atoms with Crippen LogP contribution in [0.25, 0.3) is 6.08 Å². The molecule has 3 nitrogen and oxygen atoms in total. The minimum atomic E-state index is -4.73. The number of carboxylic acids is 1. The number of benzene rings is 1. The second-order valence-electron chi connectivity index (χ2n) is 3.18. The largest absolute Gasteiger partial charge is 0.573 e. The molecule has 1 rings (SSSR count). The van der Waals surface area contributed by atoms with Crippen molar-refractivity contribution in [1.82, 2.24) is 0 Å². The lowest BCUT2D eigenvalue weighted by Crippen LogP contribution is -2.17. The second-order valence-corrected chi connectivity index (χ2v) is 3.18. The summed E-state index contributed by atoms with van der Waals surface area (Å²) >= 11 is 0. The van der Waals surface area contributed by atoms with Crippen LogP contribution in [0.2, 0.25) is 0 Å². The highest BCUT2D eigenvalue weighted by Crippen LogP contribution is 2.23. The summed E-state index contributed by atoms with van der Waals surface area (Å²) in [4.78, 5) is 10.2. The monoisotopic (exact) mass is 258 g/mol. The molecule has 1 aromatic rings. The Bertz CT molecular complexity index is 476. The van der Waals surface area contributed by atoms with Gasteiger partial charge in [-0.1, -0.05) is 30.4 Å². The van der Waals surface area contributed by atoms with Gasteiger partial charge in [-0.25, -0.2) is 4.79 Å². The highest BCUT2D eigenvalue weighted by Gasteiger charge is 2.30. The van der Waals surface area contributed by atoms with Crippen LogP contribution >= 0.6 is 0 Å². The summed E-state index contributed by atoms with van der Waals surface area (Å²) in [5.74, 6) is -1.43. The zero-order valence-electron chi connectivity index (χ0n) is 9.02. The van der Waals surface area contributed by atoms with E-state index in [1.54, 1.807) is 6.07 Å². The fourth-order valence-electron chi connectivity index (χ4n) is 1.12. The third-order valence-corrected chi connectivity index (χ3v) is 1.73. The Morgan fingerprint density at radius 3 is 2.61 bits per heavy atom. The van der Waals surface area contributed by atoms with Gasteiger partial charge in [-0.15, -0.1) is 13.2 Å². The van der Waals surface area contributed by atoms with Crippen molar-refractivity contribution in [2.75, 3.05) is 0 Å². The fraction of sp³-hybridized carbons (Fsp3) is 0.0833. The molecule has 0 aliphatic carbocycles. The molecule has 1 aromatic carbocycles. The number of ether oxygens (including phenoxy) is 1. The van der Waals surface area contributed by atoms with E-state index in [9.17, 15) is 18.0 Å². The van der Waals surface area contributed by atoms with Crippen LogP contribution < -0.4 is 4.74 Å². The van der Waals surface area contributed by atoms with Crippen molar-refractivity contribution in [2.45, 2.75) is 6.36 Å². The molecule has 0 spiro atoms. The average Bonchev–Trinajstić information content (AvgIpc) is 2.22. The first kappa shape index (κ1) is 13.8. The lowest BCUT2D eigenvalue weighted by molar-refractivity contribution is -0.274. The maximum atomic E-state index is 12.0. The van der Waals surface area contributed by atoms with E-state index < -0.39 is 12.3 Å². The number of alkyl halides is 3. The molecule has 18 heavy (non-hydrogen) atoms. The molecule has 0 saturated carbocycles. The van der Waals surface area contributed by atoms with Crippen LogP contribution in [0.1, 0.15) is 5.56 Å². The van der Waals surface area contributed by atoms with E-state index in [1.807, 2.05) is 0 Å². The average molecular weight is 258 g/mol. The molecule has 0 atom stereocenters. The van der Waals surface area contributed by atoms with Crippen molar-refractivity contribution in [3.63, 3.8) is 0 Å². The molecule has 0 unspecified atom stereocenters. The predicted molar refractivity (Wildman–Crippen MR) is 58.9 cm³/mol. The molecule has 0 aliphatic heterocycles. The van der Waals surface area contributed by atoms with E-state index in [2.05, 4.69) is 4.74 Å². The van der Waals surface area contributed by atoms with Gasteiger partial charge in [-0.3, -0.25) is 0 Å². The Morgan fingerprint density at radius 2 is 2.00 bits per heavy atom. The Labute approximate surface area is 101 Å². The van der Waals surface area contributed by atoms with Crippen molar-refractivity contribution >= 4 is 12.0 Å². The van der Waals surface area contributed by atoms with Crippen molar-refractivity contribution in [2.24, 2.45) is 0 Å². The number of allylic oxidation sites excluding steroid dienone is 2. The Morgan fingerprint density at radius 1 is 1.28 bits per heavy atom. The molecule has 0 heterocycles. The molecule has 0 bridgehead atoms. The highest BCUT2D eigenvalue weighted by atomic mass is 19.4. The summed E-state index contributed by atoms with van der Waals surface area (Å²) < 4.78 is 39.6. The highest BCUT2D eigenvalue weighted by molar-refractivity contribution is 5.80. The lowest BCUT2D eigenvalue weighted by atomic mass is 10.2. The number of aliphatic carboxylic acids is 1. The zero-order valence-corrected chi connectivity index (χ0v) is 9.02. The number of hydrogen-bond donors (Lipinski definition) is 1. The number of rotatable bonds is 4. The van der Waals surface area contributed by atoms with Gasteiger partial charge in [0.25, 0.3) is 0 Å². The third-order valence-electron chi connectivity index (χ3n) is 1.73. The van der Waals surface area contributed by atoms with Gasteiger partial charge >= 0.3 is 12.3 Å². The standard InChI is InChI=1S/C12H9F3O3/c13-12(14,15)18-10-6-3-5-9(8-10)4-1-2-7-11(16)17/h1-8H,(H,16,17).